The van der Waals surface area contributed by atoms with Crippen LogP contribution >= 0.6 is 11.6 Å². The number of anilines is 2. The zero-order valence-corrected chi connectivity index (χ0v) is 14.5. The molecule has 0 aliphatic rings. The van der Waals surface area contributed by atoms with Gasteiger partial charge in [-0.05, 0) is 36.4 Å². The van der Waals surface area contributed by atoms with E-state index in [-0.39, 0.29) is 5.91 Å². The van der Waals surface area contributed by atoms with E-state index in [1.165, 1.54) is 0 Å². The van der Waals surface area contributed by atoms with Gasteiger partial charge in [-0.3, -0.25) is 9.78 Å². The minimum atomic E-state index is -0.151. The van der Waals surface area contributed by atoms with Crippen molar-refractivity contribution in [3.05, 3.63) is 65.3 Å². The molecule has 6 heteroatoms. The van der Waals surface area contributed by atoms with Crippen molar-refractivity contribution in [2.75, 3.05) is 25.6 Å². The number of aromatic nitrogens is 1. The molecule has 1 aromatic heterocycles. The Balaban J connectivity index is 1.90. The molecule has 0 spiro atoms. The Morgan fingerprint density at radius 2 is 2.00 bits per heavy atom. The normalized spacial score (nSPS) is 10.6. The number of methoxy groups -OCH3 is 1. The van der Waals surface area contributed by atoms with E-state index in [4.69, 9.17) is 16.3 Å². The fourth-order valence-corrected chi connectivity index (χ4v) is 2.69. The Bertz CT molecular complexity index is 899. The molecule has 0 aliphatic carbocycles. The van der Waals surface area contributed by atoms with Crippen LogP contribution in [0.15, 0.2) is 54.7 Å². The van der Waals surface area contributed by atoms with Crippen LogP contribution in [0.5, 0.6) is 0 Å². The van der Waals surface area contributed by atoms with Crippen molar-refractivity contribution in [3.63, 3.8) is 0 Å². The van der Waals surface area contributed by atoms with E-state index in [0.29, 0.717) is 23.7 Å². The van der Waals surface area contributed by atoms with Gasteiger partial charge in [0.05, 0.1) is 23.4 Å². The van der Waals surface area contributed by atoms with Crippen molar-refractivity contribution in [1.29, 1.82) is 0 Å². The Kier molecular flexibility index (Phi) is 5.48. The molecule has 0 aliphatic heterocycles. The molecule has 1 heterocycles. The van der Waals surface area contributed by atoms with Gasteiger partial charge in [-0.2, -0.15) is 0 Å². The molecule has 25 heavy (non-hydrogen) atoms. The quantitative estimate of drug-likeness (QED) is 0.656. The highest BCUT2D eigenvalue weighted by atomic mass is 35.5. The van der Waals surface area contributed by atoms with E-state index in [9.17, 15) is 4.79 Å². The first-order chi connectivity index (χ1) is 12.2. The minimum absolute atomic E-state index is 0.151. The van der Waals surface area contributed by atoms with Crippen LogP contribution in [0.1, 0.15) is 10.4 Å². The second-order valence-corrected chi connectivity index (χ2v) is 5.88. The van der Waals surface area contributed by atoms with Crippen molar-refractivity contribution in [3.8, 4) is 0 Å². The molecule has 0 radical (unpaired) electrons. The minimum Gasteiger partial charge on any atom is -0.383 e. The number of para-hydroxylation sites is 1. The molecule has 2 N–H and O–H groups in total. The summed E-state index contributed by atoms with van der Waals surface area (Å²) in [6.45, 7) is 0.928. The van der Waals surface area contributed by atoms with Gasteiger partial charge in [-0.1, -0.05) is 23.7 Å². The number of fused-ring (bicyclic) bond motifs is 1. The third kappa shape index (κ3) is 4.07. The third-order valence-electron chi connectivity index (χ3n) is 3.74. The summed E-state index contributed by atoms with van der Waals surface area (Å²) in [6.07, 6.45) is 1.71. The Labute approximate surface area is 151 Å². The fraction of sp³-hybridized carbons (Fsp3) is 0.158. The highest BCUT2D eigenvalue weighted by Gasteiger charge is 2.12. The van der Waals surface area contributed by atoms with E-state index >= 15 is 0 Å². The third-order valence-corrected chi connectivity index (χ3v) is 3.97. The number of carbonyl (C=O) groups is 1. The standard InChI is InChI=1S/C19H18ClN3O2/c1-25-11-10-22-19(24)15-4-2-3-5-16(15)23-17-8-9-21-18-12-13(20)6-7-14(17)18/h2-9,12H,10-11H2,1H3,(H,21,23)(H,22,24). The van der Waals surface area contributed by atoms with E-state index in [2.05, 4.69) is 15.6 Å². The maximum atomic E-state index is 12.4. The molecule has 0 atom stereocenters. The van der Waals surface area contributed by atoms with Crippen molar-refractivity contribution >= 4 is 39.8 Å². The first-order valence-corrected chi connectivity index (χ1v) is 8.24. The highest BCUT2D eigenvalue weighted by Crippen LogP contribution is 2.28. The summed E-state index contributed by atoms with van der Waals surface area (Å²) in [4.78, 5) is 16.7. The molecule has 3 aromatic rings. The second-order valence-electron chi connectivity index (χ2n) is 5.44. The fourth-order valence-electron chi connectivity index (χ4n) is 2.53. The van der Waals surface area contributed by atoms with Gasteiger partial charge in [-0.15, -0.1) is 0 Å². The van der Waals surface area contributed by atoms with Gasteiger partial charge in [0.25, 0.3) is 5.91 Å². The van der Waals surface area contributed by atoms with Gasteiger partial charge < -0.3 is 15.4 Å². The Morgan fingerprint density at radius 3 is 2.84 bits per heavy atom. The van der Waals surface area contributed by atoms with Gasteiger partial charge >= 0.3 is 0 Å². The lowest BCUT2D eigenvalue weighted by molar-refractivity contribution is 0.0938. The van der Waals surface area contributed by atoms with Crippen LogP contribution < -0.4 is 10.6 Å². The molecule has 0 saturated carbocycles. The highest BCUT2D eigenvalue weighted by molar-refractivity contribution is 6.31. The monoisotopic (exact) mass is 355 g/mol. The molecule has 2 aromatic carbocycles. The van der Waals surface area contributed by atoms with Crippen molar-refractivity contribution in [1.82, 2.24) is 10.3 Å². The molecule has 3 rings (SSSR count). The zero-order chi connectivity index (χ0) is 17.6. The lowest BCUT2D eigenvalue weighted by Crippen LogP contribution is -2.27. The first-order valence-electron chi connectivity index (χ1n) is 7.86. The topological polar surface area (TPSA) is 63.2 Å². The number of nitrogens with one attached hydrogen (secondary N) is 2. The molecular weight excluding hydrogens is 338 g/mol. The van der Waals surface area contributed by atoms with Crippen LogP contribution in [-0.4, -0.2) is 31.2 Å². The molecule has 1 amide bonds. The summed E-state index contributed by atoms with van der Waals surface area (Å²) in [5.41, 5.74) is 2.94. The number of ether oxygens (including phenoxy) is 1. The molecule has 0 unspecified atom stereocenters. The largest absolute Gasteiger partial charge is 0.383 e. The molecule has 0 saturated heterocycles. The van der Waals surface area contributed by atoms with Gasteiger partial charge in [0.15, 0.2) is 0 Å². The number of amides is 1. The Hall–Kier alpha value is -2.63. The summed E-state index contributed by atoms with van der Waals surface area (Å²) in [7, 11) is 1.60. The number of pyridine rings is 1. The van der Waals surface area contributed by atoms with Crippen LogP contribution in [0.3, 0.4) is 0 Å². The van der Waals surface area contributed by atoms with Crippen molar-refractivity contribution in [2.45, 2.75) is 0 Å². The van der Waals surface area contributed by atoms with E-state index < -0.39 is 0 Å². The zero-order valence-electron chi connectivity index (χ0n) is 13.8. The van der Waals surface area contributed by atoms with Crippen LogP contribution in [0, 0.1) is 0 Å². The molecular formula is C19H18ClN3O2. The number of hydrogen-bond acceptors (Lipinski definition) is 4. The summed E-state index contributed by atoms with van der Waals surface area (Å²) in [5.74, 6) is -0.151. The van der Waals surface area contributed by atoms with Gasteiger partial charge in [0.2, 0.25) is 0 Å². The summed E-state index contributed by atoms with van der Waals surface area (Å²) in [6, 6.07) is 14.8. The second kappa shape index (κ2) is 7.96. The number of halogens is 1. The predicted octanol–water partition coefficient (Wildman–Crippen LogP) is 4.01. The molecule has 0 bridgehead atoms. The van der Waals surface area contributed by atoms with Gasteiger partial charge in [-0.25, -0.2) is 0 Å². The summed E-state index contributed by atoms with van der Waals surface area (Å²) < 4.78 is 4.96. The van der Waals surface area contributed by atoms with Crippen LogP contribution in [0.4, 0.5) is 11.4 Å². The maximum Gasteiger partial charge on any atom is 0.253 e. The number of hydrogen-bond donors (Lipinski definition) is 2. The number of carbonyl (C=O) groups excluding carboxylic acids is 1. The lowest BCUT2D eigenvalue weighted by Gasteiger charge is -2.14. The Morgan fingerprint density at radius 1 is 1.16 bits per heavy atom. The SMILES string of the molecule is COCCNC(=O)c1ccccc1Nc1ccnc2cc(Cl)ccc12. The summed E-state index contributed by atoms with van der Waals surface area (Å²) >= 11 is 6.03. The van der Waals surface area contributed by atoms with Gasteiger partial charge in [0, 0.05) is 35.9 Å². The van der Waals surface area contributed by atoms with E-state index in [1.807, 2.05) is 42.5 Å². The molecule has 5 nitrogen and oxygen atoms in total. The smallest absolute Gasteiger partial charge is 0.253 e. The lowest BCUT2D eigenvalue weighted by atomic mass is 10.1. The van der Waals surface area contributed by atoms with Crippen LogP contribution in [0.2, 0.25) is 5.02 Å². The molecule has 0 fully saturated rings. The number of benzene rings is 2. The van der Waals surface area contributed by atoms with Crippen molar-refractivity contribution < 1.29 is 9.53 Å². The van der Waals surface area contributed by atoms with Gasteiger partial charge in [0.1, 0.15) is 0 Å². The van der Waals surface area contributed by atoms with E-state index in [1.54, 1.807) is 19.4 Å². The molecule has 128 valence electrons. The van der Waals surface area contributed by atoms with Crippen LogP contribution in [-0.2, 0) is 4.74 Å². The average molecular weight is 356 g/mol. The summed E-state index contributed by atoms with van der Waals surface area (Å²) in [5, 5.41) is 7.73. The maximum absolute atomic E-state index is 12.4. The van der Waals surface area contributed by atoms with Crippen molar-refractivity contribution in [2.24, 2.45) is 0 Å². The first kappa shape index (κ1) is 17.2. The number of rotatable bonds is 6. The van der Waals surface area contributed by atoms with Crippen LogP contribution in [0.25, 0.3) is 10.9 Å². The average Bonchev–Trinajstić information content (AvgIpc) is 2.62. The predicted molar refractivity (Wildman–Crippen MR) is 101 cm³/mol. The van der Waals surface area contributed by atoms with E-state index in [0.717, 1.165) is 22.3 Å². The number of nitrogens with zero attached hydrogens (tertiary/aromatic N) is 1.